The fourth-order valence-electron chi connectivity index (χ4n) is 2.03. The molecule has 0 atom stereocenters. The van der Waals surface area contributed by atoms with E-state index in [1.165, 1.54) is 19.2 Å². The normalized spacial score (nSPS) is 11.7. The van der Waals surface area contributed by atoms with Crippen molar-refractivity contribution in [3.05, 3.63) is 47.2 Å². The van der Waals surface area contributed by atoms with E-state index >= 15 is 0 Å². The van der Waals surface area contributed by atoms with Gasteiger partial charge in [-0.3, -0.25) is 0 Å². The van der Waals surface area contributed by atoms with Gasteiger partial charge in [0.2, 0.25) is 5.88 Å². The van der Waals surface area contributed by atoms with Gasteiger partial charge in [-0.2, -0.15) is 18.3 Å². The molecule has 0 aliphatic rings. The molecule has 2 rings (SSSR count). The number of alkyl halides is 3. The third-order valence-corrected chi connectivity index (χ3v) is 3.05. The SMILES string of the molecule is COc1c(CCO)cnn1Cc1ccc(C(F)(F)F)cc1. The molecule has 0 unspecified atom stereocenters. The van der Waals surface area contributed by atoms with Crippen molar-refractivity contribution in [2.45, 2.75) is 19.1 Å². The summed E-state index contributed by atoms with van der Waals surface area (Å²) in [6.45, 7) is 0.273. The van der Waals surface area contributed by atoms with Gasteiger partial charge in [0.25, 0.3) is 0 Å². The number of hydrogen-bond donors (Lipinski definition) is 1. The Morgan fingerprint density at radius 3 is 2.43 bits per heavy atom. The molecule has 4 nitrogen and oxygen atoms in total. The summed E-state index contributed by atoms with van der Waals surface area (Å²) in [5.41, 5.74) is 0.756. The number of rotatable bonds is 5. The molecule has 0 amide bonds. The van der Waals surface area contributed by atoms with Crippen molar-refractivity contribution in [3.8, 4) is 5.88 Å². The second kappa shape index (κ2) is 6.17. The summed E-state index contributed by atoms with van der Waals surface area (Å²) in [5, 5.41) is 13.1. The topological polar surface area (TPSA) is 47.3 Å². The number of hydrogen-bond acceptors (Lipinski definition) is 3. The van der Waals surface area contributed by atoms with Crippen molar-refractivity contribution >= 4 is 0 Å². The van der Waals surface area contributed by atoms with Crippen LogP contribution >= 0.6 is 0 Å². The molecule has 0 aliphatic carbocycles. The van der Waals surface area contributed by atoms with E-state index in [1.807, 2.05) is 0 Å². The average molecular weight is 300 g/mol. The molecule has 114 valence electrons. The molecule has 21 heavy (non-hydrogen) atoms. The van der Waals surface area contributed by atoms with Gasteiger partial charge >= 0.3 is 6.18 Å². The highest BCUT2D eigenvalue weighted by Gasteiger charge is 2.29. The second-order valence-electron chi connectivity index (χ2n) is 4.51. The number of ether oxygens (including phenoxy) is 1. The van der Waals surface area contributed by atoms with Crippen LogP contribution in [-0.2, 0) is 19.1 Å². The van der Waals surface area contributed by atoms with Crippen LogP contribution < -0.4 is 4.74 Å². The molecule has 0 saturated heterocycles. The van der Waals surface area contributed by atoms with E-state index in [0.29, 0.717) is 24.4 Å². The lowest BCUT2D eigenvalue weighted by Crippen LogP contribution is -2.07. The lowest BCUT2D eigenvalue weighted by molar-refractivity contribution is -0.137. The number of methoxy groups -OCH3 is 1. The smallest absolute Gasteiger partial charge is 0.416 e. The summed E-state index contributed by atoms with van der Waals surface area (Å²) in [5.74, 6) is 0.504. The monoisotopic (exact) mass is 300 g/mol. The maximum Gasteiger partial charge on any atom is 0.416 e. The van der Waals surface area contributed by atoms with Crippen molar-refractivity contribution < 1.29 is 23.0 Å². The predicted octanol–water partition coefficient (Wildman–Crippen LogP) is 2.49. The van der Waals surface area contributed by atoms with Gasteiger partial charge in [0.05, 0.1) is 25.4 Å². The molecule has 0 aliphatic heterocycles. The fraction of sp³-hybridized carbons (Fsp3) is 0.357. The van der Waals surface area contributed by atoms with Gasteiger partial charge in [-0.05, 0) is 17.7 Å². The van der Waals surface area contributed by atoms with Gasteiger partial charge in [-0.1, -0.05) is 12.1 Å². The van der Waals surface area contributed by atoms with E-state index in [1.54, 1.807) is 10.9 Å². The lowest BCUT2D eigenvalue weighted by Gasteiger charge is -2.10. The van der Waals surface area contributed by atoms with E-state index in [4.69, 9.17) is 9.84 Å². The maximum absolute atomic E-state index is 12.5. The number of halogens is 3. The molecule has 0 bridgehead atoms. The number of aromatic nitrogens is 2. The third-order valence-electron chi connectivity index (χ3n) is 3.05. The summed E-state index contributed by atoms with van der Waals surface area (Å²) in [7, 11) is 1.49. The van der Waals surface area contributed by atoms with Crippen LogP contribution in [0.25, 0.3) is 0 Å². The minimum absolute atomic E-state index is 0.0255. The molecule has 7 heteroatoms. The molecular formula is C14H15F3N2O2. The van der Waals surface area contributed by atoms with Crippen molar-refractivity contribution in [2.24, 2.45) is 0 Å². The van der Waals surface area contributed by atoms with Gasteiger partial charge in [-0.15, -0.1) is 0 Å². The minimum atomic E-state index is -4.34. The molecule has 0 fully saturated rings. The van der Waals surface area contributed by atoms with Crippen LogP contribution in [0, 0.1) is 0 Å². The fourth-order valence-corrected chi connectivity index (χ4v) is 2.03. The van der Waals surface area contributed by atoms with Crippen molar-refractivity contribution in [1.29, 1.82) is 0 Å². The molecule has 2 aromatic rings. The van der Waals surface area contributed by atoms with E-state index in [-0.39, 0.29) is 6.61 Å². The first-order valence-electron chi connectivity index (χ1n) is 6.31. The molecule has 1 N–H and O–H groups in total. The van der Waals surface area contributed by atoms with E-state index < -0.39 is 11.7 Å². The van der Waals surface area contributed by atoms with Crippen LogP contribution in [0.15, 0.2) is 30.5 Å². The summed E-state index contributed by atoms with van der Waals surface area (Å²) < 4.78 is 44.3. The molecular weight excluding hydrogens is 285 g/mol. The number of benzene rings is 1. The molecule has 0 saturated carbocycles. The predicted molar refractivity (Wildman–Crippen MR) is 70.1 cm³/mol. The highest BCUT2D eigenvalue weighted by molar-refractivity contribution is 5.28. The Hall–Kier alpha value is -2.02. The summed E-state index contributed by atoms with van der Waals surface area (Å²) in [4.78, 5) is 0. The van der Waals surface area contributed by atoms with E-state index in [9.17, 15) is 13.2 Å². The van der Waals surface area contributed by atoms with Gasteiger partial charge in [0.1, 0.15) is 0 Å². The molecule has 0 spiro atoms. The first kappa shape index (κ1) is 15.4. The molecule has 1 aromatic heterocycles. The van der Waals surface area contributed by atoms with Crippen LogP contribution in [0.5, 0.6) is 5.88 Å². The van der Waals surface area contributed by atoms with Crippen molar-refractivity contribution in [2.75, 3.05) is 13.7 Å². The molecule has 0 radical (unpaired) electrons. The Bertz CT molecular complexity index is 591. The summed E-state index contributed by atoms with van der Waals surface area (Å²) in [6.07, 6.45) is -2.34. The number of nitrogens with zero attached hydrogens (tertiary/aromatic N) is 2. The van der Waals surface area contributed by atoms with Gasteiger partial charge < -0.3 is 9.84 Å². The first-order chi connectivity index (χ1) is 9.95. The van der Waals surface area contributed by atoms with Gasteiger partial charge in [0.15, 0.2) is 0 Å². The lowest BCUT2D eigenvalue weighted by atomic mass is 10.1. The molecule has 1 aromatic carbocycles. The zero-order chi connectivity index (χ0) is 15.5. The zero-order valence-electron chi connectivity index (χ0n) is 11.4. The Kier molecular flexibility index (Phi) is 4.52. The first-order valence-corrected chi connectivity index (χ1v) is 6.31. The Morgan fingerprint density at radius 2 is 1.90 bits per heavy atom. The third kappa shape index (κ3) is 3.55. The van der Waals surface area contributed by atoms with Crippen molar-refractivity contribution in [3.63, 3.8) is 0 Å². The summed E-state index contributed by atoms with van der Waals surface area (Å²) >= 11 is 0. The van der Waals surface area contributed by atoms with Gasteiger partial charge in [0, 0.05) is 18.6 Å². The zero-order valence-corrected chi connectivity index (χ0v) is 11.4. The quantitative estimate of drug-likeness (QED) is 0.923. The van der Waals surface area contributed by atoms with Gasteiger partial charge in [-0.25, -0.2) is 4.68 Å². The Morgan fingerprint density at radius 1 is 1.24 bits per heavy atom. The van der Waals surface area contributed by atoms with Crippen LogP contribution in [-0.4, -0.2) is 28.6 Å². The van der Waals surface area contributed by atoms with E-state index in [0.717, 1.165) is 17.7 Å². The largest absolute Gasteiger partial charge is 0.481 e. The van der Waals surface area contributed by atoms with E-state index in [2.05, 4.69) is 5.10 Å². The standard InChI is InChI=1S/C14H15F3N2O2/c1-21-13-11(6-7-20)8-18-19(13)9-10-2-4-12(5-3-10)14(15,16)17/h2-5,8,20H,6-7,9H2,1H3. The van der Waals surface area contributed by atoms with Crippen LogP contribution in [0.1, 0.15) is 16.7 Å². The summed E-state index contributed by atoms with van der Waals surface area (Å²) in [6, 6.07) is 4.91. The maximum atomic E-state index is 12.5. The van der Waals surface area contributed by atoms with Crippen molar-refractivity contribution in [1.82, 2.24) is 9.78 Å². The van der Waals surface area contributed by atoms with Crippen LogP contribution in [0.4, 0.5) is 13.2 Å². The van der Waals surface area contributed by atoms with Crippen LogP contribution in [0.3, 0.4) is 0 Å². The highest BCUT2D eigenvalue weighted by atomic mass is 19.4. The Labute approximate surface area is 119 Å². The number of aliphatic hydroxyl groups excluding tert-OH is 1. The second-order valence-corrected chi connectivity index (χ2v) is 4.51. The Balaban J connectivity index is 2.18. The number of aliphatic hydroxyl groups is 1. The van der Waals surface area contributed by atoms with Crippen LogP contribution in [0.2, 0.25) is 0 Å². The highest BCUT2D eigenvalue weighted by Crippen LogP contribution is 2.29. The minimum Gasteiger partial charge on any atom is -0.481 e. The average Bonchev–Trinajstić information content (AvgIpc) is 2.81. The molecule has 1 heterocycles.